The Morgan fingerprint density at radius 3 is 2.35 bits per heavy atom. The molecule has 12 nitrogen and oxygen atoms in total. The Morgan fingerprint density at radius 1 is 1.14 bits per heavy atom. The van der Waals surface area contributed by atoms with E-state index < -0.39 is 41.2 Å². The SMILES string of the molecule is COc1ccc(F)cc1C(=O)Cn1cc(/C(C)=N/OC(C)C)c(=O)n(N(C)C(=O)C(=O)NC(C)C)c1=O. The van der Waals surface area contributed by atoms with Crippen LogP contribution in [0.25, 0.3) is 0 Å². The minimum atomic E-state index is -1.19. The molecule has 0 aliphatic heterocycles. The van der Waals surface area contributed by atoms with E-state index in [1.165, 1.54) is 20.1 Å². The molecule has 0 aliphatic rings. The summed E-state index contributed by atoms with van der Waals surface area (Å²) in [5, 5.41) is 6.81. The quantitative estimate of drug-likeness (QED) is 0.224. The molecule has 0 bridgehead atoms. The molecule has 0 atom stereocenters. The van der Waals surface area contributed by atoms with Crippen molar-refractivity contribution >= 4 is 23.3 Å². The Morgan fingerprint density at radius 2 is 1.78 bits per heavy atom. The fourth-order valence-electron chi connectivity index (χ4n) is 3.15. The number of carbonyl (C=O) groups is 3. The van der Waals surface area contributed by atoms with E-state index in [9.17, 15) is 28.4 Å². The number of carbonyl (C=O) groups excluding carboxylic acids is 3. The molecule has 2 aromatic rings. The molecule has 1 N–H and O–H groups in total. The van der Waals surface area contributed by atoms with Crippen LogP contribution in [0.1, 0.15) is 50.5 Å². The first-order chi connectivity index (χ1) is 17.3. The summed E-state index contributed by atoms with van der Waals surface area (Å²) in [6, 6.07) is 2.94. The van der Waals surface area contributed by atoms with Crippen molar-refractivity contribution in [3.8, 4) is 5.75 Å². The summed E-state index contributed by atoms with van der Waals surface area (Å²) < 4.78 is 20.2. The number of methoxy groups -OCH3 is 1. The largest absolute Gasteiger partial charge is 0.496 e. The van der Waals surface area contributed by atoms with Crippen molar-refractivity contribution in [1.29, 1.82) is 0 Å². The second-order valence-corrected chi connectivity index (χ2v) is 8.63. The van der Waals surface area contributed by atoms with Gasteiger partial charge < -0.3 is 14.9 Å². The summed E-state index contributed by atoms with van der Waals surface area (Å²) in [6.07, 6.45) is 0.758. The normalized spacial score (nSPS) is 11.5. The number of ether oxygens (including phenoxy) is 1. The number of nitrogens with one attached hydrogen (secondary N) is 1. The van der Waals surface area contributed by atoms with Gasteiger partial charge in [0.1, 0.15) is 17.7 Å². The molecule has 13 heteroatoms. The topological polar surface area (TPSA) is 141 Å². The predicted molar refractivity (Wildman–Crippen MR) is 133 cm³/mol. The van der Waals surface area contributed by atoms with Gasteiger partial charge in [-0.2, -0.15) is 4.68 Å². The minimum Gasteiger partial charge on any atom is -0.496 e. The number of oxime groups is 1. The lowest BCUT2D eigenvalue weighted by molar-refractivity contribution is -0.138. The zero-order valence-corrected chi connectivity index (χ0v) is 21.7. The van der Waals surface area contributed by atoms with Crippen LogP contribution in [0.3, 0.4) is 0 Å². The van der Waals surface area contributed by atoms with Crippen molar-refractivity contribution < 1.29 is 28.3 Å². The monoisotopic (exact) mass is 519 g/mol. The summed E-state index contributed by atoms with van der Waals surface area (Å²) in [7, 11) is 2.36. The van der Waals surface area contributed by atoms with Gasteiger partial charge >= 0.3 is 17.5 Å². The molecule has 0 saturated heterocycles. The molecule has 0 spiro atoms. The van der Waals surface area contributed by atoms with Crippen LogP contribution in [0.15, 0.2) is 39.1 Å². The fraction of sp³-hybridized carbons (Fsp3) is 0.417. The number of Topliss-reactive ketones (excluding diaryl/α,β-unsaturated/α-hetero) is 1. The number of hydrogen-bond donors (Lipinski definition) is 1. The first kappa shape index (κ1) is 28.9. The number of ketones is 1. The molecule has 0 unspecified atom stereocenters. The van der Waals surface area contributed by atoms with Gasteiger partial charge in [0, 0.05) is 19.3 Å². The average Bonchev–Trinajstić information content (AvgIpc) is 2.83. The standard InChI is InChI=1S/C24H30FN5O7/c1-13(2)26-21(32)23(34)28(6)30-22(33)18(15(5)27-37-14(3)4)11-29(24(30)35)12-19(31)17-10-16(25)8-9-20(17)36-7/h8-11,13-14H,12H2,1-7H3,(H,26,32)/b27-15+. The molecule has 2 rings (SSSR count). The molecular weight excluding hydrogens is 489 g/mol. The Kier molecular flexibility index (Phi) is 9.47. The molecule has 1 heterocycles. The number of likely N-dealkylation sites (N-methyl/N-ethyl adjacent to an activating group) is 1. The zero-order valence-electron chi connectivity index (χ0n) is 21.7. The van der Waals surface area contributed by atoms with Gasteiger partial charge in [0.25, 0.3) is 5.56 Å². The lowest BCUT2D eigenvalue weighted by atomic mass is 10.1. The number of halogens is 1. The molecule has 2 amide bonds. The summed E-state index contributed by atoms with van der Waals surface area (Å²) in [4.78, 5) is 69.7. The van der Waals surface area contributed by atoms with Crippen molar-refractivity contribution in [2.75, 3.05) is 19.2 Å². The maximum atomic E-state index is 13.8. The van der Waals surface area contributed by atoms with E-state index in [0.29, 0.717) is 9.69 Å². The van der Waals surface area contributed by atoms with Crippen LogP contribution in [0.2, 0.25) is 0 Å². The van der Waals surface area contributed by atoms with Crippen molar-refractivity contribution in [2.45, 2.75) is 53.3 Å². The van der Waals surface area contributed by atoms with Gasteiger partial charge in [-0.1, -0.05) is 5.16 Å². The van der Waals surface area contributed by atoms with Gasteiger partial charge in [0.15, 0.2) is 5.78 Å². The van der Waals surface area contributed by atoms with Crippen molar-refractivity contribution in [1.82, 2.24) is 14.6 Å². The molecular formula is C24H30FN5O7. The lowest BCUT2D eigenvalue weighted by Gasteiger charge is -2.21. The summed E-state index contributed by atoms with van der Waals surface area (Å²) in [6.45, 7) is 7.46. The lowest BCUT2D eigenvalue weighted by Crippen LogP contribution is -2.58. The molecule has 0 radical (unpaired) electrons. The van der Waals surface area contributed by atoms with Crippen molar-refractivity contribution in [3.63, 3.8) is 0 Å². The Hall–Kier alpha value is -4.29. The summed E-state index contributed by atoms with van der Waals surface area (Å²) >= 11 is 0. The number of aromatic nitrogens is 2. The van der Waals surface area contributed by atoms with E-state index in [2.05, 4.69) is 10.5 Å². The van der Waals surface area contributed by atoms with E-state index in [0.717, 1.165) is 29.9 Å². The van der Waals surface area contributed by atoms with Crippen LogP contribution in [-0.2, 0) is 21.0 Å². The van der Waals surface area contributed by atoms with Crippen LogP contribution in [0.4, 0.5) is 4.39 Å². The predicted octanol–water partition coefficient (Wildman–Crippen LogP) is 0.809. The van der Waals surface area contributed by atoms with E-state index in [-0.39, 0.29) is 34.7 Å². The number of hydrogen-bond acceptors (Lipinski definition) is 8. The highest BCUT2D eigenvalue weighted by Crippen LogP contribution is 2.20. The van der Waals surface area contributed by atoms with Crippen molar-refractivity contribution in [3.05, 3.63) is 62.2 Å². The average molecular weight is 520 g/mol. The highest BCUT2D eigenvalue weighted by molar-refractivity contribution is 6.38. The molecule has 0 aliphatic carbocycles. The highest BCUT2D eigenvalue weighted by atomic mass is 19.1. The van der Waals surface area contributed by atoms with Gasteiger partial charge in [-0.15, -0.1) is 0 Å². The molecule has 200 valence electrons. The smallest absolute Gasteiger partial charge is 0.350 e. The summed E-state index contributed by atoms with van der Waals surface area (Å²) in [5.74, 6) is -3.57. The third-order valence-electron chi connectivity index (χ3n) is 4.91. The first-order valence-electron chi connectivity index (χ1n) is 11.3. The van der Waals surface area contributed by atoms with Crippen LogP contribution in [0, 0.1) is 5.82 Å². The first-order valence-corrected chi connectivity index (χ1v) is 11.3. The van der Waals surface area contributed by atoms with Crippen molar-refractivity contribution in [2.24, 2.45) is 5.16 Å². The third-order valence-corrected chi connectivity index (χ3v) is 4.91. The van der Waals surface area contributed by atoms with Gasteiger partial charge in [0.05, 0.1) is 30.5 Å². The zero-order chi connectivity index (χ0) is 28.0. The Balaban J connectivity index is 2.69. The second kappa shape index (κ2) is 12.1. The van der Waals surface area contributed by atoms with Crippen LogP contribution in [0.5, 0.6) is 5.75 Å². The molecule has 1 aromatic carbocycles. The maximum absolute atomic E-state index is 13.8. The number of amides is 2. The van der Waals surface area contributed by atoms with E-state index in [1.807, 2.05) is 0 Å². The highest BCUT2D eigenvalue weighted by Gasteiger charge is 2.26. The van der Waals surface area contributed by atoms with Gasteiger partial charge in [0.2, 0.25) is 0 Å². The third kappa shape index (κ3) is 6.90. The van der Waals surface area contributed by atoms with E-state index >= 15 is 0 Å². The van der Waals surface area contributed by atoms with Crippen LogP contribution < -0.4 is 26.3 Å². The van der Waals surface area contributed by atoms with Gasteiger partial charge in [-0.25, -0.2) is 14.2 Å². The minimum absolute atomic E-state index is 0.0458. The maximum Gasteiger partial charge on any atom is 0.350 e. The molecule has 1 aromatic heterocycles. The van der Waals surface area contributed by atoms with Crippen LogP contribution >= 0.6 is 0 Å². The number of nitrogens with zero attached hydrogens (tertiary/aromatic N) is 4. The Bertz CT molecular complexity index is 1340. The van der Waals surface area contributed by atoms with Gasteiger partial charge in [-0.3, -0.25) is 23.7 Å². The fourth-order valence-corrected chi connectivity index (χ4v) is 3.15. The van der Waals surface area contributed by atoms with E-state index in [1.54, 1.807) is 27.7 Å². The molecule has 0 saturated carbocycles. The number of rotatable bonds is 9. The van der Waals surface area contributed by atoms with Crippen LogP contribution in [-0.4, -0.2) is 58.9 Å². The second-order valence-electron chi connectivity index (χ2n) is 8.63. The number of benzene rings is 1. The van der Waals surface area contributed by atoms with E-state index in [4.69, 9.17) is 9.57 Å². The summed E-state index contributed by atoms with van der Waals surface area (Å²) in [5.41, 5.74) is -2.34. The van der Waals surface area contributed by atoms with Gasteiger partial charge in [-0.05, 0) is 52.8 Å². The molecule has 37 heavy (non-hydrogen) atoms. The Labute approximate surface area is 212 Å². The molecule has 0 fully saturated rings.